The Hall–Kier alpha value is -3.95. The molecule has 2 N–H and O–H groups in total. The van der Waals surface area contributed by atoms with E-state index in [-0.39, 0.29) is 41.7 Å². The van der Waals surface area contributed by atoms with E-state index in [4.69, 9.17) is 4.74 Å². The second-order valence-electron chi connectivity index (χ2n) is 8.48. The summed E-state index contributed by atoms with van der Waals surface area (Å²) in [5.74, 6) is -0.597. The molecule has 34 heavy (non-hydrogen) atoms. The summed E-state index contributed by atoms with van der Waals surface area (Å²) < 4.78 is 5.17. The quantitative estimate of drug-likeness (QED) is 0.497. The van der Waals surface area contributed by atoms with E-state index in [0.717, 1.165) is 25.7 Å². The topological polar surface area (TPSA) is 131 Å². The van der Waals surface area contributed by atoms with Crippen molar-refractivity contribution >= 4 is 29.1 Å². The molecule has 0 unspecified atom stereocenters. The monoisotopic (exact) mass is 466 g/mol. The van der Waals surface area contributed by atoms with Crippen LogP contribution in [0.25, 0.3) is 0 Å². The lowest BCUT2D eigenvalue weighted by molar-refractivity contribution is -0.384. The van der Waals surface area contributed by atoms with Gasteiger partial charge in [-0.15, -0.1) is 0 Å². The van der Waals surface area contributed by atoms with E-state index in [1.165, 1.54) is 31.4 Å². The Morgan fingerprint density at radius 1 is 1.18 bits per heavy atom. The summed E-state index contributed by atoms with van der Waals surface area (Å²) in [5.41, 5.74) is 0.498. The summed E-state index contributed by atoms with van der Waals surface area (Å²) in [4.78, 5) is 51.5. The normalized spacial score (nSPS) is 21.7. The molecule has 2 aromatic rings. The third-order valence-corrected chi connectivity index (χ3v) is 6.34. The first-order valence-electron chi connectivity index (χ1n) is 11.2. The van der Waals surface area contributed by atoms with E-state index in [0.29, 0.717) is 11.3 Å². The number of non-ortho nitro benzene ring substituents is 1. The molecule has 1 aliphatic heterocycles. The number of nitro benzene ring substituents is 1. The number of methoxy groups -OCH3 is 1. The second-order valence-corrected chi connectivity index (χ2v) is 8.48. The summed E-state index contributed by atoms with van der Waals surface area (Å²) >= 11 is 0. The fourth-order valence-electron chi connectivity index (χ4n) is 4.70. The van der Waals surface area contributed by atoms with Gasteiger partial charge < -0.3 is 20.3 Å². The molecule has 10 heteroatoms. The first kappa shape index (κ1) is 23.2. The molecule has 1 aliphatic carbocycles. The van der Waals surface area contributed by atoms with Gasteiger partial charge in [0.1, 0.15) is 11.8 Å². The fraction of sp³-hybridized carbons (Fsp3) is 0.375. The summed E-state index contributed by atoms with van der Waals surface area (Å²) in [6.45, 7) is 0. The Labute approximate surface area is 196 Å². The molecule has 1 saturated heterocycles. The van der Waals surface area contributed by atoms with Gasteiger partial charge in [0.15, 0.2) is 0 Å². The SMILES string of the molecule is COc1ccc(C(=O)N2[C@@H](CC(=O)Nc3cccc([N+](=O)[O-])c3)C(=O)N[C@@H]3CCCC[C@@H]32)cc1. The van der Waals surface area contributed by atoms with Crippen molar-refractivity contribution in [1.82, 2.24) is 10.2 Å². The van der Waals surface area contributed by atoms with Crippen LogP contribution in [0, 0.1) is 10.1 Å². The number of benzene rings is 2. The number of fused-ring (bicyclic) bond motifs is 1. The van der Waals surface area contributed by atoms with Crippen LogP contribution in [-0.2, 0) is 9.59 Å². The predicted octanol–water partition coefficient (Wildman–Crippen LogP) is 2.88. The summed E-state index contributed by atoms with van der Waals surface area (Å²) in [6, 6.07) is 10.9. The number of amides is 3. The van der Waals surface area contributed by atoms with Crippen LogP contribution in [0.2, 0.25) is 0 Å². The van der Waals surface area contributed by atoms with Crippen LogP contribution in [-0.4, -0.2) is 52.8 Å². The average Bonchev–Trinajstić information content (AvgIpc) is 2.84. The molecule has 2 aliphatic rings. The summed E-state index contributed by atoms with van der Waals surface area (Å²) in [5, 5.41) is 16.6. The average molecular weight is 466 g/mol. The van der Waals surface area contributed by atoms with E-state index in [1.54, 1.807) is 29.2 Å². The number of carbonyl (C=O) groups excluding carboxylic acids is 3. The molecule has 3 atom stereocenters. The van der Waals surface area contributed by atoms with Gasteiger partial charge in [0, 0.05) is 29.4 Å². The van der Waals surface area contributed by atoms with E-state index in [2.05, 4.69) is 10.6 Å². The Morgan fingerprint density at radius 3 is 2.62 bits per heavy atom. The third-order valence-electron chi connectivity index (χ3n) is 6.34. The molecule has 3 amide bonds. The number of ether oxygens (including phenoxy) is 1. The van der Waals surface area contributed by atoms with Crippen LogP contribution in [0.4, 0.5) is 11.4 Å². The molecule has 0 radical (unpaired) electrons. The molecular weight excluding hydrogens is 440 g/mol. The minimum atomic E-state index is -0.993. The smallest absolute Gasteiger partial charge is 0.271 e. The molecule has 10 nitrogen and oxygen atoms in total. The number of carbonyl (C=O) groups is 3. The number of anilines is 1. The van der Waals surface area contributed by atoms with Crippen LogP contribution >= 0.6 is 0 Å². The van der Waals surface area contributed by atoms with E-state index in [1.807, 2.05) is 0 Å². The maximum Gasteiger partial charge on any atom is 0.271 e. The number of hydrogen-bond acceptors (Lipinski definition) is 6. The van der Waals surface area contributed by atoms with Crippen molar-refractivity contribution in [2.75, 3.05) is 12.4 Å². The number of nitrogens with zero attached hydrogens (tertiary/aromatic N) is 2. The zero-order valence-corrected chi connectivity index (χ0v) is 18.7. The molecule has 4 rings (SSSR count). The van der Waals surface area contributed by atoms with Gasteiger partial charge in [-0.3, -0.25) is 24.5 Å². The molecular formula is C24H26N4O6. The standard InChI is InChI=1S/C24H26N4O6/c1-34-18-11-9-15(10-12-18)24(31)27-20-8-3-2-7-19(20)26-23(30)21(27)14-22(29)25-16-5-4-6-17(13-16)28(32)33/h4-6,9-13,19-21H,2-3,7-8,14H2,1H3,(H,25,29)(H,26,30)/t19-,20+,21+/m1/s1. The highest BCUT2D eigenvalue weighted by atomic mass is 16.6. The molecule has 2 fully saturated rings. The van der Waals surface area contributed by atoms with Crippen LogP contribution in [0.15, 0.2) is 48.5 Å². The molecule has 1 saturated carbocycles. The Morgan fingerprint density at radius 2 is 1.91 bits per heavy atom. The molecule has 0 bridgehead atoms. The summed E-state index contributed by atoms with van der Waals surface area (Å²) in [7, 11) is 1.54. The number of piperazine rings is 1. The number of rotatable bonds is 6. The lowest BCUT2D eigenvalue weighted by Crippen LogP contribution is -2.68. The molecule has 178 valence electrons. The van der Waals surface area contributed by atoms with Crippen molar-refractivity contribution in [2.45, 2.75) is 50.2 Å². The number of nitro groups is 1. The summed E-state index contributed by atoms with van der Waals surface area (Å²) in [6.07, 6.45) is 3.13. The van der Waals surface area contributed by atoms with Gasteiger partial charge >= 0.3 is 0 Å². The first-order valence-corrected chi connectivity index (χ1v) is 11.2. The highest BCUT2D eigenvalue weighted by molar-refractivity contribution is 6.01. The number of hydrogen-bond donors (Lipinski definition) is 2. The molecule has 0 spiro atoms. The molecule has 1 heterocycles. The lowest BCUT2D eigenvalue weighted by atomic mass is 9.84. The van der Waals surface area contributed by atoms with Crippen molar-refractivity contribution in [3.63, 3.8) is 0 Å². The van der Waals surface area contributed by atoms with Crippen LogP contribution in [0.1, 0.15) is 42.5 Å². The minimum Gasteiger partial charge on any atom is -0.497 e. The minimum absolute atomic E-state index is 0.153. The van der Waals surface area contributed by atoms with Gasteiger partial charge in [-0.1, -0.05) is 18.9 Å². The first-order chi connectivity index (χ1) is 16.4. The Kier molecular flexibility index (Phi) is 6.76. The van der Waals surface area contributed by atoms with Crippen molar-refractivity contribution in [3.8, 4) is 5.75 Å². The van der Waals surface area contributed by atoms with Crippen molar-refractivity contribution in [2.24, 2.45) is 0 Å². The highest BCUT2D eigenvalue weighted by Gasteiger charge is 2.46. The Balaban J connectivity index is 1.58. The van der Waals surface area contributed by atoms with Crippen molar-refractivity contribution < 1.29 is 24.0 Å². The fourth-order valence-corrected chi connectivity index (χ4v) is 4.70. The maximum atomic E-state index is 13.6. The molecule has 0 aromatic heterocycles. The Bertz CT molecular complexity index is 1100. The maximum absolute atomic E-state index is 13.6. The van der Waals surface area contributed by atoms with E-state index >= 15 is 0 Å². The van der Waals surface area contributed by atoms with Gasteiger partial charge in [0.05, 0.1) is 24.5 Å². The van der Waals surface area contributed by atoms with Gasteiger partial charge in [-0.2, -0.15) is 0 Å². The number of nitrogens with one attached hydrogen (secondary N) is 2. The van der Waals surface area contributed by atoms with Crippen LogP contribution in [0.3, 0.4) is 0 Å². The van der Waals surface area contributed by atoms with Gasteiger partial charge in [0.2, 0.25) is 11.8 Å². The van der Waals surface area contributed by atoms with Crippen LogP contribution in [0.5, 0.6) is 5.75 Å². The van der Waals surface area contributed by atoms with Gasteiger partial charge in [-0.05, 0) is 43.2 Å². The highest BCUT2D eigenvalue weighted by Crippen LogP contribution is 2.31. The van der Waals surface area contributed by atoms with Crippen molar-refractivity contribution in [1.29, 1.82) is 0 Å². The molecule has 2 aromatic carbocycles. The lowest BCUT2D eigenvalue weighted by Gasteiger charge is -2.48. The largest absolute Gasteiger partial charge is 0.497 e. The third kappa shape index (κ3) is 4.85. The van der Waals surface area contributed by atoms with Crippen molar-refractivity contribution in [3.05, 3.63) is 64.2 Å². The second kappa shape index (κ2) is 9.90. The zero-order valence-electron chi connectivity index (χ0n) is 18.7. The van der Waals surface area contributed by atoms with E-state index in [9.17, 15) is 24.5 Å². The van der Waals surface area contributed by atoms with E-state index < -0.39 is 16.9 Å². The van der Waals surface area contributed by atoms with Gasteiger partial charge in [-0.25, -0.2) is 0 Å². The predicted molar refractivity (Wildman–Crippen MR) is 123 cm³/mol. The van der Waals surface area contributed by atoms with Crippen LogP contribution < -0.4 is 15.4 Å². The zero-order chi connectivity index (χ0) is 24.2. The van der Waals surface area contributed by atoms with Gasteiger partial charge in [0.25, 0.3) is 11.6 Å².